The molecule has 0 aliphatic carbocycles. The van der Waals surface area contributed by atoms with Crippen LogP contribution in [0.5, 0.6) is 5.75 Å². The normalized spacial score (nSPS) is 22.0. The second-order valence-corrected chi connectivity index (χ2v) is 11.3. The number of fused-ring (bicyclic) bond motifs is 1. The van der Waals surface area contributed by atoms with Crippen LogP contribution in [0.15, 0.2) is 18.2 Å². The number of ether oxygens (including phenoxy) is 2. The van der Waals surface area contributed by atoms with Crippen molar-refractivity contribution in [2.24, 2.45) is 5.92 Å². The van der Waals surface area contributed by atoms with Gasteiger partial charge in [0.05, 0.1) is 23.4 Å². The maximum Gasteiger partial charge on any atom is 0.404 e. The molecular weight excluding hydrogens is 517 g/mol. The van der Waals surface area contributed by atoms with Crippen LogP contribution < -0.4 is 14.8 Å². The van der Waals surface area contributed by atoms with Crippen molar-refractivity contribution in [3.63, 3.8) is 0 Å². The molecule has 37 heavy (non-hydrogen) atoms. The Labute approximate surface area is 215 Å². The first kappa shape index (κ1) is 30.5. The molecule has 3 amide bonds. The number of likely N-dealkylation sites (N-methyl/N-ethyl adjacent to an activating group) is 1. The van der Waals surface area contributed by atoms with Gasteiger partial charge < -0.3 is 24.6 Å². The summed E-state index contributed by atoms with van der Waals surface area (Å²) < 4.78 is 75.2. The average Bonchev–Trinajstić information content (AvgIpc) is 2.75. The smallest absolute Gasteiger partial charge is 0.404 e. The summed E-state index contributed by atoms with van der Waals surface area (Å²) in [4.78, 5) is 29.2. The Morgan fingerprint density at radius 2 is 1.89 bits per heavy atom. The Balaban J connectivity index is 2.46. The average molecular weight is 553 g/mol. The highest BCUT2D eigenvalue weighted by molar-refractivity contribution is 7.92. The number of sulfonamides is 1. The Morgan fingerprint density at radius 3 is 2.46 bits per heavy atom. The number of halogens is 3. The first-order chi connectivity index (χ1) is 17.0. The zero-order chi connectivity index (χ0) is 28.1. The molecule has 14 heteroatoms. The van der Waals surface area contributed by atoms with E-state index in [-0.39, 0.29) is 48.1 Å². The van der Waals surface area contributed by atoms with Gasteiger partial charge in [-0.25, -0.2) is 13.2 Å². The predicted octanol–water partition coefficient (Wildman–Crippen LogP) is 2.91. The van der Waals surface area contributed by atoms with Crippen molar-refractivity contribution in [1.29, 1.82) is 0 Å². The van der Waals surface area contributed by atoms with Gasteiger partial charge in [-0.05, 0) is 32.9 Å². The highest BCUT2D eigenvalue weighted by Crippen LogP contribution is 2.28. The van der Waals surface area contributed by atoms with Crippen molar-refractivity contribution in [1.82, 2.24) is 15.1 Å². The number of rotatable bonds is 5. The van der Waals surface area contributed by atoms with Crippen LogP contribution in [0.2, 0.25) is 0 Å². The highest BCUT2D eigenvalue weighted by atomic mass is 32.2. The summed E-state index contributed by atoms with van der Waals surface area (Å²) in [6, 6.07) is 2.71. The van der Waals surface area contributed by atoms with Crippen LogP contribution in [0.4, 0.5) is 23.7 Å². The van der Waals surface area contributed by atoms with Crippen molar-refractivity contribution in [3.8, 4) is 5.75 Å². The Bertz CT molecular complexity index is 1070. The lowest BCUT2D eigenvalue weighted by Crippen LogP contribution is -2.52. The summed E-state index contributed by atoms with van der Waals surface area (Å²) in [6.45, 7) is 7.74. The Morgan fingerprint density at radius 1 is 1.24 bits per heavy atom. The molecular formula is C23H35F3N4O6S. The summed E-state index contributed by atoms with van der Waals surface area (Å²) in [5.74, 6) is -2.70. The molecule has 0 unspecified atom stereocenters. The number of hydrogen-bond acceptors (Lipinski definition) is 6. The quantitative estimate of drug-likeness (QED) is 0.580. The largest absolute Gasteiger partial charge is 0.491 e. The number of carbonyl (C=O) groups is 2. The Hall–Kier alpha value is -2.74. The molecule has 210 valence electrons. The minimum absolute atomic E-state index is 0.0392. The molecule has 1 aliphatic heterocycles. The molecule has 0 radical (unpaired) electrons. The van der Waals surface area contributed by atoms with E-state index in [1.807, 2.05) is 25.5 Å². The van der Waals surface area contributed by atoms with Gasteiger partial charge in [-0.2, -0.15) is 13.2 Å². The van der Waals surface area contributed by atoms with Gasteiger partial charge in [0.25, 0.3) is 5.91 Å². The van der Waals surface area contributed by atoms with E-state index in [0.29, 0.717) is 6.54 Å². The van der Waals surface area contributed by atoms with Crippen molar-refractivity contribution < 1.29 is 40.7 Å². The van der Waals surface area contributed by atoms with E-state index in [9.17, 15) is 31.2 Å². The minimum atomic E-state index is -4.93. The highest BCUT2D eigenvalue weighted by Gasteiger charge is 2.35. The maximum atomic E-state index is 13.2. The fourth-order valence-corrected chi connectivity index (χ4v) is 4.87. The summed E-state index contributed by atoms with van der Waals surface area (Å²) in [6.07, 6.45) is -5.34. The van der Waals surface area contributed by atoms with Gasteiger partial charge in [0.1, 0.15) is 12.4 Å². The molecule has 1 aromatic carbocycles. The molecule has 1 heterocycles. The standard InChI is InChI=1S/C23H35F3N4O6S/c1-14(2)27-22(32)30-10-15(3)20(35-6)11-29(5)21(31)18-8-7-17(9-19(18)36-12-16(30)4)28-37(33,34)13-23(24,25)26/h7-9,14-16,20,28H,10-13H2,1-6H3,(H,27,32)/t15-,16+,20-/m0/s1. The number of carbonyl (C=O) groups excluding carboxylic acids is 2. The lowest BCUT2D eigenvalue weighted by atomic mass is 10.0. The van der Waals surface area contributed by atoms with Crippen LogP contribution in [0.1, 0.15) is 38.1 Å². The van der Waals surface area contributed by atoms with E-state index in [4.69, 9.17) is 9.47 Å². The van der Waals surface area contributed by atoms with Crippen LogP contribution in [0, 0.1) is 5.92 Å². The monoisotopic (exact) mass is 552 g/mol. The molecule has 2 N–H and O–H groups in total. The molecule has 1 aliphatic rings. The van der Waals surface area contributed by atoms with E-state index >= 15 is 0 Å². The molecule has 2 rings (SSSR count). The SMILES string of the molecule is CO[C@H]1CN(C)C(=O)c2ccc(NS(=O)(=O)CC(F)(F)F)cc2OC[C@@H](C)N(C(=O)NC(C)C)C[C@@H]1C. The van der Waals surface area contributed by atoms with Gasteiger partial charge in [-0.15, -0.1) is 0 Å². The molecule has 10 nitrogen and oxygen atoms in total. The van der Waals surface area contributed by atoms with Gasteiger partial charge in [0.15, 0.2) is 5.75 Å². The lowest BCUT2D eigenvalue weighted by Gasteiger charge is -2.36. The van der Waals surface area contributed by atoms with Crippen molar-refractivity contribution >= 4 is 27.6 Å². The van der Waals surface area contributed by atoms with Crippen LogP contribution in [0.3, 0.4) is 0 Å². The van der Waals surface area contributed by atoms with Gasteiger partial charge >= 0.3 is 12.2 Å². The first-order valence-corrected chi connectivity index (χ1v) is 13.4. The molecule has 1 aromatic rings. The van der Waals surface area contributed by atoms with Crippen LogP contribution >= 0.6 is 0 Å². The number of methoxy groups -OCH3 is 1. The van der Waals surface area contributed by atoms with Crippen molar-refractivity contribution in [2.75, 3.05) is 44.3 Å². The summed E-state index contributed by atoms with van der Waals surface area (Å²) >= 11 is 0. The second kappa shape index (κ2) is 12.2. The molecule has 0 aromatic heterocycles. The number of anilines is 1. The fourth-order valence-electron chi connectivity index (χ4n) is 3.88. The van der Waals surface area contributed by atoms with Crippen LogP contribution in [-0.2, 0) is 14.8 Å². The van der Waals surface area contributed by atoms with Crippen LogP contribution in [-0.4, -0.2) is 94.1 Å². The van der Waals surface area contributed by atoms with Gasteiger partial charge in [-0.1, -0.05) is 6.92 Å². The van der Waals surface area contributed by atoms with E-state index in [0.717, 1.165) is 6.07 Å². The molecule has 0 bridgehead atoms. The first-order valence-electron chi connectivity index (χ1n) is 11.7. The predicted molar refractivity (Wildman–Crippen MR) is 132 cm³/mol. The van der Waals surface area contributed by atoms with Gasteiger partial charge in [-0.3, -0.25) is 9.52 Å². The zero-order valence-electron chi connectivity index (χ0n) is 21.8. The Kier molecular flexibility index (Phi) is 10.1. The topological polar surface area (TPSA) is 117 Å². The molecule has 0 spiro atoms. The second-order valence-electron chi connectivity index (χ2n) is 9.54. The number of urea groups is 1. The zero-order valence-corrected chi connectivity index (χ0v) is 22.6. The van der Waals surface area contributed by atoms with E-state index in [1.165, 1.54) is 24.1 Å². The summed E-state index contributed by atoms with van der Waals surface area (Å²) in [5.41, 5.74) is -0.120. The lowest BCUT2D eigenvalue weighted by molar-refractivity contribution is -0.106. The summed E-state index contributed by atoms with van der Waals surface area (Å²) in [7, 11) is -1.67. The number of nitrogens with one attached hydrogen (secondary N) is 2. The number of amides is 3. The number of alkyl halides is 3. The molecule has 0 saturated heterocycles. The van der Waals surface area contributed by atoms with E-state index in [1.54, 1.807) is 18.9 Å². The molecule has 3 atom stereocenters. The van der Waals surface area contributed by atoms with E-state index < -0.39 is 40.0 Å². The van der Waals surface area contributed by atoms with Crippen LogP contribution in [0.25, 0.3) is 0 Å². The number of benzene rings is 1. The van der Waals surface area contributed by atoms with Gasteiger partial charge in [0.2, 0.25) is 10.0 Å². The van der Waals surface area contributed by atoms with Crippen molar-refractivity contribution in [3.05, 3.63) is 23.8 Å². The number of hydrogen-bond donors (Lipinski definition) is 2. The maximum absolute atomic E-state index is 13.2. The third kappa shape index (κ3) is 8.95. The summed E-state index contributed by atoms with van der Waals surface area (Å²) in [5, 5.41) is 2.85. The number of nitrogens with zero attached hydrogens (tertiary/aromatic N) is 2. The molecule has 0 fully saturated rings. The molecule has 0 saturated carbocycles. The van der Waals surface area contributed by atoms with E-state index in [2.05, 4.69) is 5.32 Å². The third-order valence-corrected chi connectivity index (χ3v) is 7.00. The third-order valence-electron chi connectivity index (χ3n) is 5.75. The fraction of sp³-hybridized carbons (Fsp3) is 0.652. The minimum Gasteiger partial charge on any atom is -0.491 e. The van der Waals surface area contributed by atoms with Gasteiger partial charge in [0, 0.05) is 45.3 Å². The van der Waals surface area contributed by atoms with Crippen molar-refractivity contribution in [2.45, 2.75) is 52.1 Å².